The van der Waals surface area contributed by atoms with Crippen molar-refractivity contribution in [3.63, 3.8) is 0 Å². The molecule has 0 aromatic carbocycles. The van der Waals surface area contributed by atoms with Crippen molar-refractivity contribution in [2.45, 2.75) is 152 Å². The van der Waals surface area contributed by atoms with Crippen molar-refractivity contribution in [2.24, 2.45) is 11.8 Å². The second kappa shape index (κ2) is 18.6. The number of aliphatic hydroxyl groups excluding tert-OH is 4. The fraction of sp³-hybridized carbons (Fsp3) is 0.829. The van der Waals surface area contributed by atoms with Crippen LogP contribution in [-0.4, -0.2) is 149 Å². The van der Waals surface area contributed by atoms with Gasteiger partial charge in [0.2, 0.25) is 0 Å². The molecule has 2 fully saturated rings. The summed E-state index contributed by atoms with van der Waals surface area (Å²) in [4.78, 5) is 26.6. The van der Waals surface area contributed by atoms with Crippen LogP contribution < -0.4 is 0 Å². The van der Waals surface area contributed by atoms with Crippen molar-refractivity contribution in [1.82, 2.24) is 4.90 Å². The fourth-order valence-corrected chi connectivity index (χ4v) is 7.04. The summed E-state index contributed by atoms with van der Waals surface area (Å²) in [7, 11) is 4.86. The molecule has 0 radical (unpaired) electrons. The highest BCUT2D eigenvalue weighted by molar-refractivity contribution is 5.70. The Balaban J connectivity index is 1.94. The molecule has 14 heteroatoms. The van der Waals surface area contributed by atoms with E-state index in [1.807, 2.05) is 13.0 Å². The molecule has 3 aliphatic heterocycles. The molecular formula is C35H59NO13. The van der Waals surface area contributed by atoms with E-state index < -0.39 is 104 Å². The van der Waals surface area contributed by atoms with Gasteiger partial charge in [0.15, 0.2) is 12.6 Å². The summed E-state index contributed by atoms with van der Waals surface area (Å²) in [5, 5.41) is 55.2. The largest absolute Gasteiger partial charge is 0.462 e. The highest BCUT2D eigenvalue weighted by Gasteiger charge is 2.51. The Kier molecular flexibility index (Phi) is 15.8. The topological polar surface area (TPSA) is 194 Å². The Labute approximate surface area is 289 Å². The van der Waals surface area contributed by atoms with E-state index in [0.717, 1.165) is 6.29 Å². The molecule has 2 saturated heterocycles. The van der Waals surface area contributed by atoms with Gasteiger partial charge >= 0.3 is 5.97 Å². The third-order valence-corrected chi connectivity index (χ3v) is 9.83. The summed E-state index contributed by atoms with van der Waals surface area (Å²) in [5.41, 5.74) is -1.46. The molecule has 3 aliphatic rings. The van der Waals surface area contributed by atoms with Gasteiger partial charge < -0.3 is 63.6 Å². The zero-order valence-electron chi connectivity index (χ0n) is 30.0. The summed E-state index contributed by atoms with van der Waals surface area (Å²) in [6.45, 7) is 8.44. The van der Waals surface area contributed by atoms with Gasteiger partial charge in [-0.2, -0.15) is 0 Å². The number of hydrogen-bond acceptors (Lipinski definition) is 14. The molecule has 14 nitrogen and oxygen atoms in total. The lowest BCUT2D eigenvalue weighted by molar-refractivity contribution is -0.344. The lowest BCUT2D eigenvalue weighted by Crippen LogP contribution is -2.65. The Morgan fingerprint density at radius 2 is 1.69 bits per heavy atom. The van der Waals surface area contributed by atoms with Gasteiger partial charge in [-0.1, -0.05) is 31.2 Å². The number of carbonyl (C=O) groups is 2. The van der Waals surface area contributed by atoms with Crippen molar-refractivity contribution in [3.8, 4) is 0 Å². The molecular weight excluding hydrogens is 642 g/mol. The van der Waals surface area contributed by atoms with Crippen molar-refractivity contribution in [3.05, 3.63) is 24.3 Å². The van der Waals surface area contributed by atoms with Gasteiger partial charge in [-0.05, 0) is 60.0 Å². The van der Waals surface area contributed by atoms with Gasteiger partial charge in [0.25, 0.3) is 0 Å². The fourth-order valence-electron chi connectivity index (χ4n) is 7.04. The third-order valence-electron chi connectivity index (χ3n) is 9.83. The molecule has 3 heterocycles. The molecule has 0 aliphatic carbocycles. The summed E-state index contributed by atoms with van der Waals surface area (Å²) >= 11 is 0. The SMILES string of the molecule is CO[C@H]1[C@@H](O[C@H]2O[C@H](C)[C@@H](O[C@H]3C[C@](C)(O)[C@H](O)[C@@H](C)O3)[C@H](N(C)C)[C@H]2O)[C@@H](CC=O)C[C@@H](C)[C@@H](O)/C=C/C=C\C[C@@H](C)OC(=O)C[C@H]1O. The molecule has 3 rings (SSSR count). The highest BCUT2D eigenvalue weighted by Crippen LogP contribution is 2.36. The number of aliphatic hydroxyl groups is 5. The predicted octanol–water partition coefficient (Wildman–Crippen LogP) is 0.846. The molecule has 0 saturated carbocycles. The lowest BCUT2D eigenvalue weighted by Gasteiger charge is -2.50. The number of hydrogen-bond donors (Lipinski definition) is 5. The maximum Gasteiger partial charge on any atom is 0.308 e. The van der Waals surface area contributed by atoms with Crippen LogP contribution in [0.4, 0.5) is 0 Å². The van der Waals surface area contributed by atoms with Crippen LogP contribution in [0, 0.1) is 11.8 Å². The minimum atomic E-state index is -1.46. The Morgan fingerprint density at radius 3 is 2.31 bits per heavy atom. The minimum Gasteiger partial charge on any atom is -0.462 e. The second-order valence-electron chi connectivity index (χ2n) is 14.3. The average molecular weight is 702 g/mol. The smallest absolute Gasteiger partial charge is 0.308 e. The molecule has 282 valence electrons. The number of ether oxygens (including phenoxy) is 6. The number of cyclic esters (lactones) is 1. The van der Waals surface area contributed by atoms with Crippen LogP contribution in [0.2, 0.25) is 0 Å². The normalized spacial score (nSPS) is 46.2. The monoisotopic (exact) mass is 701 g/mol. The van der Waals surface area contributed by atoms with Crippen LogP contribution in [0.5, 0.6) is 0 Å². The Morgan fingerprint density at radius 1 is 1.00 bits per heavy atom. The molecule has 0 amide bonds. The van der Waals surface area contributed by atoms with E-state index in [9.17, 15) is 35.1 Å². The van der Waals surface area contributed by atoms with E-state index in [0.29, 0.717) is 6.42 Å². The van der Waals surface area contributed by atoms with Gasteiger partial charge in [-0.15, -0.1) is 0 Å². The highest BCUT2D eigenvalue weighted by atomic mass is 16.7. The van der Waals surface area contributed by atoms with Crippen molar-refractivity contribution >= 4 is 12.3 Å². The van der Waals surface area contributed by atoms with E-state index >= 15 is 0 Å². The molecule has 0 aromatic rings. The number of allylic oxidation sites excluding steroid dienone is 2. The van der Waals surface area contributed by atoms with E-state index in [1.54, 1.807) is 58.0 Å². The number of carbonyl (C=O) groups excluding carboxylic acids is 2. The minimum absolute atomic E-state index is 0.0164. The van der Waals surface area contributed by atoms with E-state index in [4.69, 9.17) is 28.4 Å². The number of likely N-dealkylation sites (N-methyl/N-ethyl adjacent to an activating group) is 1. The van der Waals surface area contributed by atoms with Gasteiger partial charge in [-0.3, -0.25) is 4.79 Å². The quantitative estimate of drug-likeness (QED) is 0.177. The summed E-state index contributed by atoms with van der Waals surface area (Å²) in [5.74, 6) is -1.64. The van der Waals surface area contributed by atoms with E-state index in [2.05, 4.69) is 0 Å². The first-order valence-corrected chi connectivity index (χ1v) is 17.2. The predicted molar refractivity (Wildman–Crippen MR) is 177 cm³/mol. The maximum atomic E-state index is 12.8. The first-order valence-electron chi connectivity index (χ1n) is 17.2. The van der Waals surface area contributed by atoms with Crippen LogP contribution in [0.1, 0.15) is 66.7 Å². The summed E-state index contributed by atoms with van der Waals surface area (Å²) in [6.07, 6.45) is -4.00. The van der Waals surface area contributed by atoms with Crippen LogP contribution in [0.3, 0.4) is 0 Å². The molecule has 0 unspecified atom stereocenters. The van der Waals surface area contributed by atoms with Crippen LogP contribution in [0.25, 0.3) is 0 Å². The number of nitrogens with zero attached hydrogens (tertiary/aromatic N) is 1. The van der Waals surface area contributed by atoms with Crippen molar-refractivity contribution in [1.29, 1.82) is 0 Å². The molecule has 5 N–H and O–H groups in total. The van der Waals surface area contributed by atoms with Gasteiger partial charge in [-0.25, -0.2) is 0 Å². The van der Waals surface area contributed by atoms with Crippen LogP contribution >= 0.6 is 0 Å². The number of methoxy groups -OCH3 is 1. The first-order chi connectivity index (χ1) is 23.0. The zero-order chi connectivity index (χ0) is 36.6. The Hall–Kier alpha value is -1.82. The first kappa shape index (κ1) is 41.6. The number of aldehydes is 1. The van der Waals surface area contributed by atoms with Crippen LogP contribution in [0.15, 0.2) is 24.3 Å². The van der Waals surface area contributed by atoms with E-state index in [1.165, 1.54) is 14.0 Å². The third kappa shape index (κ3) is 11.1. The molecule has 16 atom stereocenters. The van der Waals surface area contributed by atoms with Crippen molar-refractivity contribution in [2.75, 3.05) is 21.2 Å². The van der Waals surface area contributed by atoms with Crippen LogP contribution in [-0.2, 0) is 38.0 Å². The van der Waals surface area contributed by atoms with Gasteiger partial charge in [0.1, 0.15) is 36.8 Å². The van der Waals surface area contributed by atoms with Gasteiger partial charge in [0, 0.05) is 26.4 Å². The Bertz CT molecular complexity index is 1100. The van der Waals surface area contributed by atoms with Crippen molar-refractivity contribution < 1.29 is 63.5 Å². The molecule has 0 bridgehead atoms. The average Bonchev–Trinajstić information content (AvgIpc) is 3.00. The molecule has 0 aromatic heterocycles. The zero-order valence-corrected chi connectivity index (χ0v) is 30.0. The summed E-state index contributed by atoms with van der Waals surface area (Å²) < 4.78 is 36.1. The second-order valence-corrected chi connectivity index (χ2v) is 14.3. The molecule has 0 spiro atoms. The standard InChI is InChI=1S/C35H59NO13/c1-19-16-23(14-15-37)31(32(44-8)25(39)17-26(40)45-20(2)12-10-9-11-13-24(19)38)49-34-29(41)28(36(6)7)30(21(3)47-34)48-27-18-35(5,43)33(42)22(4)46-27/h9-11,13,15,19-25,27-34,38-39,41-43H,12,14,16-18H2,1-8H3/b10-9-,13-11+/t19-,20-,21-,22-,23+,24+,25-,27+,28-,29-,30-,31+,32-,33-,34-,35+/m1/s1. The van der Waals surface area contributed by atoms with Gasteiger partial charge in [0.05, 0.1) is 48.6 Å². The van der Waals surface area contributed by atoms with E-state index in [-0.39, 0.29) is 25.2 Å². The number of esters is 1. The number of rotatable bonds is 8. The lowest BCUT2D eigenvalue weighted by atomic mass is 9.82. The summed E-state index contributed by atoms with van der Waals surface area (Å²) in [6, 6.07) is -0.721. The maximum absolute atomic E-state index is 12.8. The molecule has 49 heavy (non-hydrogen) atoms.